The minimum absolute atomic E-state index is 0.561. The van der Waals surface area contributed by atoms with Gasteiger partial charge in [-0.05, 0) is 44.3 Å². The normalized spacial score (nSPS) is 14.5. The third-order valence-electron chi connectivity index (χ3n) is 5.90. The number of aryl methyl sites for hydroxylation is 1. The van der Waals surface area contributed by atoms with E-state index in [2.05, 4.69) is 92.8 Å². The van der Waals surface area contributed by atoms with Crippen LogP contribution in [0.2, 0.25) is 0 Å². The molecule has 0 amide bonds. The number of benzene rings is 2. The molecule has 4 aromatic rings. The number of hydrogen-bond donors (Lipinski definition) is 2. The van der Waals surface area contributed by atoms with Gasteiger partial charge in [-0.15, -0.1) is 0 Å². The van der Waals surface area contributed by atoms with Gasteiger partial charge in [-0.25, -0.2) is 9.97 Å². The van der Waals surface area contributed by atoms with Gasteiger partial charge in [-0.1, -0.05) is 29.8 Å². The van der Waals surface area contributed by atoms with E-state index in [1.807, 2.05) is 12.3 Å². The number of nitrogens with zero attached hydrogens (tertiary/aromatic N) is 5. The maximum Gasteiger partial charge on any atom is 0.227 e. The molecule has 32 heavy (non-hydrogen) atoms. The Hall–Kier alpha value is -3.71. The summed E-state index contributed by atoms with van der Waals surface area (Å²) < 4.78 is 0. The van der Waals surface area contributed by atoms with Crippen LogP contribution in [0.5, 0.6) is 0 Å². The highest BCUT2D eigenvalue weighted by molar-refractivity contribution is 5.79. The van der Waals surface area contributed by atoms with Crippen molar-refractivity contribution >= 4 is 17.3 Å². The van der Waals surface area contributed by atoms with E-state index < -0.39 is 0 Å². The van der Waals surface area contributed by atoms with Crippen molar-refractivity contribution in [3.05, 3.63) is 72.6 Å². The van der Waals surface area contributed by atoms with Gasteiger partial charge in [-0.3, -0.25) is 5.10 Å². The molecule has 1 fully saturated rings. The predicted octanol–water partition coefficient (Wildman–Crippen LogP) is 4.34. The molecule has 2 aromatic carbocycles. The SMILES string of the molecule is Cc1ccc(-c2[nH]ncc2-c2ccnc(Nc3ccc(N4CCN(C)CC4)cc3)n2)cc1. The standard InChI is InChI=1S/C25H27N7/c1-18-3-5-19(6-4-18)24-22(17-27-30-24)23-11-12-26-25(29-23)28-20-7-9-21(10-8-20)32-15-13-31(2)14-16-32/h3-12,17H,13-16H2,1-2H3,(H,27,30)(H,26,28,29). The van der Waals surface area contributed by atoms with Crippen molar-refractivity contribution in [2.24, 2.45) is 0 Å². The van der Waals surface area contributed by atoms with Crippen molar-refractivity contribution in [2.45, 2.75) is 6.92 Å². The monoisotopic (exact) mass is 425 g/mol. The Morgan fingerprint density at radius 1 is 0.906 bits per heavy atom. The van der Waals surface area contributed by atoms with Crippen LogP contribution in [0.25, 0.3) is 22.5 Å². The molecule has 1 saturated heterocycles. The van der Waals surface area contributed by atoms with E-state index in [1.54, 1.807) is 6.20 Å². The lowest BCUT2D eigenvalue weighted by Gasteiger charge is -2.34. The minimum Gasteiger partial charge on any atom is -0.369 e. The molecule has 7 nitrogen and oxygen atoms in total. The molecule has 1 aliphatic heterocycles. The molecule has 2 N–H and O–H groups in total. The van der Waals surface area contributed by atoms with Crippen LogP contribution in [-0.4, -0.2) is 58.3 Å². The van der Waals surface area contributed by atoms with Gasteiger partial charge in [0, 0.05) is 54.9 Å². The lowest BCUT2D eigenvalue weighted by atomic mass is 10.0. The van der Waals surface area contributed by atoms with E-state index in [9.17, 15) is 0 Å². The summed E-state index contributed by atoms with van der Waals surface area (Å²) in [5.74, 6) is 0.561. The Labute approximate surface area is 188 Å². The molecule has 0 radical (unpaired) electrons. The summed E-state index contributed by atoms with van der Waals surface area (Å²) in [6.45, 7) is 6.39. The Bertz CT molecular complexity index is 1170. The van der Waals surface area contributed by atoms with Crippen molar-refractivity contribution in [3.63, 3.8) is 0 Å². The molecule has 0 saturated carbocycles. The number of anilines is 3. The predicted molar refractivity (Wildman–Crippen MR) is 129 cm³/mol. The molecule has 0 unspecified atom stereocenters. The fourth-order valence-electron chi connectivity index (χ4n) is 3.94. The van der Waals surface area contributed by atoms with Crippen molar-refractivity contribution in [3.8, 4) is 22.5 Å². The van der Waals surface area contributed by atoms with Crippen LogP contribution in [0.4, 0.5) is 17.3 Å². The lowest BCUT2D eigenvalue weighted by Crippen LogP contribution is -2.44. The highest BCUT2D eigenvalue weighted by atomic mass is 15.2. The Balaban J connectivity index is 1.33. The first kappa shape index (κ1) is 20.2. The van der Waals surface area contributed by atoms with Crippen molar-refractivity contribution in [1.82, 2.24) is 25.1 Å². The molecule has 0 spiro atoms. The number of aromatic amines is 1. The first-order valence-corrected chi connectivity index (χ1v) is 10.9. The topological polar surface area (TPSA) is 73.0 Å². The number of rotatable bonds is 5. The van der Waals surface area contributed by atoms with Gasteiger partial charge in [0.1, 0.15) is 0 Å². The van der Waals surface area contributed by atoms with Gasteiger partial charge >= 0.3 is 0 Å². The van der Waals surface area contributed by atoms with Crippen LogP contribution in [0.15, 0.2) is 67.0 Å². The van der Waals surface area contributed by atoms with E-state index in [0.717, 1.165) is 54.4 Å². The first-order valence-electron chi connectivity index (χ1n) is 10.9. The van der Waals surface area contributed by atoms with Crippen molar-refractivity contribution in [2.75, 3.05) is 43.4 Å². The molecule has 0 aliphatic carbocycles. The van der Waals surface area contributed by atoms with Crippen LogP contribution < -0.4 is 10.2 Å². The second-order valence-electron chi connectivity index (χ2n) is 8.25. The summed E-state index contributed by atoms with van der Waals surface area (Å²) in [4.78, 5) is 13.9. The number of nitrogens with one attached hydrogen (secondary N) is 2. The molecule has 3 heterocycles. The molecule has 1 aliphatic rings. The smallest absolute Gasteiger partial charge is 0.227 e. The van der Waals surface area contributed by atoms with Gasteiger partial charge < -0.3 is 15.1 Å². The Kier molecular flexibility index (Phi) is 5.56. The lowest BCUT2D eigenvalue weighted by molar-refractivity contribution is 0.313. The van der Waals surface area contributed by atoms with Gasteiger partial charge in [-0.2, -0.15) is 5.10 Å². The number of aromatic nitrogens is 4. The molecule has 5 rings (SSSR count). The van der Waals surface area contributed by atoms with E-state index in [4.69, 9.17) is 4.98 Å². The van der Waals surface area contributed by atoms with E-state index in [-0.39, 0.29) is 0 Å². The zero-order valence-corrected chi connectivity index (χ0v) is 18.4. The van der Waals surface area contributed by atoms with Crippen LogP contribution in [0, 0.1) is 6.92 Å². The number of hydrogen-bond acceptors (Lipinski definition) is 6. The van der Waals surface area contributed by atoms with Gasteiger partial charge in [0.15, 0.2) is 0 Å². The van der Waals surface area contributed by atoms with E-state index >= 15 is 0 Å². The number of piperazine rings is 1. The molecule has 2 aromatic heterocycles. The van der Waals surface area contributed by atoms with E-state index in [1.165, 1.54) is 11.3 Å². The van der Waals surface area contributed by atoms with Crippen LogP contribution in [0.1, 0.15) is 5.56 Å². The summed E-state index contributed by atoms with van der Waals surface area (Å²) in [6, 6.07) is 18.8. The summed E-state index contributed by atoms with van der Waals surface area (Å²) >= 11 is 0. The summed E-state index contributed by atoms with van der Waals surface area (Å²) in [7, 11) is 2.17. The maximum atomic E-state index is 4.74. The molecule has 0 atom stereocenters. The van der Waals surface area contributed by atoms with Crippen LogP contribution >= 0.6 is 0 Å². The quantitative estimate of drug-likeness (QED) is 0.496. The molecular formula is C25H27N7. The average Bonchev–Trinajstić information content (AvgIpc) is 3.31. The van der Waals surface area contributed by atoms with Gasteiger partial charge in [0.25, 0.3) is 0 Å². The van der Waals surface area contributed by atoms with Crippen LogP contribution in [0.3, 0.4) is 0 Å². The summed E-state index contributed by atoms with van der Waals surface area (Å²) in [6.07, 6.45) is 3.58. The van der Waals surface area contributed by atoms with E-state index in [0.29, 0.717) is 5.95 Å². The first-order chi connectivity index (χ1) is 15.7. The fourth-order valence-corrected chi connectivity index (χ4v) is 3.94. The van der Waals surface area contributed by atoms with Crippen LogP contribution in [-0.2, 0) is 0 Å². The third kappa shape index (κ3) is 4.33. The van der Waals surface area contributed by atoms with Crippen molar-refractivity contribution in [1.29, 1.82) is 0 Å². The zero-order valence-electron chi connectivity index (χ0n) is 18.4. The summed E-state index contributed by atoms with van der Waals surface area (Å²) in [5.41, 5.74) is 7.24. The van der Waals surface area contributed by atoms with Gasteiger partial charge in [0.2, 0.25) is 5.95 Å². The second-order valence-corrected chi connectivity index (χ2v) is 8.25. The highest BCUT2D eigenvalue weighted by Gasteiger charge is 2.15. The number of likely N-dealkylation sites (N-methyl/N-ethyl adjacent to an activating group) is 1. The molecule has 162 valence electrons. The maximum absolute atomic E-state index is 4.74. The highest BCUT2D eigenvalue weighted by Crippen LogP contribution is 2.30. The largest absolute Gasteiger partial charge is 0.369 e. The average molecular weight is 426 g/mol. The zero-order chi connectivity index (χ0) is 21.9. The van der Waals surface area contributed by atoms with Gasteiger partial charge in [0.05, 0.1) is 17.6 Å². The number of H-pyrrole nitrogens is 1. The molecular weight excluding hydrogens is 398 g/mol. The van der Waals surface area contributed by atoms with Crippen molar-refractivity contribution < 1.29 is 0 Å². The third-order valence-corrected chi connectivity index (χ3v) is 5.90. The Morgan fingerprint density at radius 3 is 2.41 bits per heavy atom. The molecule has 0 bridgehead atoms. The fraction of sp³-hybridized carbons (Fsp3) is 0.240. The molecule has 7 heteroatoms. The summed E-state index contributed by atoms with van der Waals surface area (Å²) in [5, 5.41) is 10.7. The Morgan fingerprint density at radius 2 is 1.66 bits per heavy atom. The minimum atomic E-state index is 0.561. The second kappa shape index (κ2) is 8.80.